The largest absolute Gasteiger partial charge is 0.387 e. The van der Waals surface area contributed by atoms with E-state index < -0.39 is 6.10 Å². The quantitative estimate of drug-likeness (QED) is 0.707. The van der Waals surface area contributed by atoms with Crippen molar-refractivity contribution in [1.82, 2.24) is 10.2 Å². The van der Waals surface area contributed by atoms with Crippen LogP contribution in [0.5, 0.6) is 0 Å². The molecule has 0 heterocycles. The number of benzene rings is 1. The number of nitrogens with one attached hydrogen (secondary N) is 1. The van der Waals surface area contributed by atoms with E-state index >= 15 is 0 Å². The van der Waals surface area contributed by atoms with Crippen LogP contribution in [0.15, 0.2) is 24.3 Å². The Bertz CT molecular complexity index is 314. The van der Waals surface area contributed by atoms with Crippen molar-refractivity contribution in [2.24, 2.45) is 0 Å². The summed E-state index contributed by atoms with van der Waals surface area (Å²) in [6.45, 7) is 2.40. The van der Waals surface area contributed by atoms with Crippen molar-refractivity contribution in [3.8, 4) is 0 Å². The molecule has 0 saturated carbocycles. The molecule has 17 heavy (non-hydrogen) atoms. The highest BCUT2D eigenvalue weighted by atomic mass is 19.1. The van der Waals surface area contributed by atoms with Gasteiger partial charge in [-0.2, -0.15) is 0 Å². The Kier molecular flexibility index (Phi) is 6.11. The third kappa shape index (κ3) is 5.77. The summed E-state index contributed by atoms with van der Waals surface area (Å²) in [6, 6.07) is 5.96. The lowest BCUT2D eigenvalue weighted by atomic mass is 10.1. The Balaban J connectivity index is 2.21. The smallest absolute Gasteiger partial charge is 0.123 e. The second-order valence-electron chi connectivity index (χ2n) is 4.43. The van der Waals surface area contributed by atoms with E-state index in [2.05, 4.69) is 10.2 Å². The van der Waals surface area contributed by atoms with Gasteiger partial charge in [0.25, 0.3) is 0 Å². The molecule has 1 aromatic rings. The lowest BCUT2D eigenvalue weighted by molar-refractivity contribution is 0.174. The number of hydrogen-bond acceptors (Lipinski definition) is 3. The lowest BCUT2D eigenvalue weighted by Crippen LogP contribution is -2.25. The maximum atomic E-state index is 12.7. The van der Waals surface area contributed by atoms with Crippen molar-refractivity contribution in [3.05, 3.63) is 35.6 Å². The fraction of sp³-hybridized carbons (Fsp3) is 0.538. The van der Waals surface area contributed by atoms with Gasteiger partial charge in [0.1, 0.15) is 5.82 Å². The van der Waals surface area contributed by atoms with Crippen LogP contribution in [-0.2, 0) is 0 Å². The highest BCUT2D eigenvalue weighted by Gasteiger charge is 2.06. The zero-order valence-corrected chi connectivity index (χ0v) is 10.5. The maximum Gasteiger partial charge on any atom is 0.123 e. The number of hydrogen-bond donors (Lipinski definition) is 2. The van der Waals surface area contributed by atoms with E-state index in [1.165, 1.54) is 12.1 Å². The maximum absolute atomic E-state index is 12.7. The minimum absolute atomic E-state index is 0.278. The van der Waals surface area contributed by atoms with E-state index in [-0.39, 0.29) is 5.82 Å². The molecular weight excluding hydrogens is 219 g/mol. The van der Waals surface area contributed by atoms with Gasteiger partial charge in [-0.1, -0.05) is 12.1 Å². The molecule has 0 spiro atoms. The van der Waals surface area contributed by atoms with Gasteiger partial charge in [-0.15, -0.1) is 0 Å². The fourth-order valence-electron chi connectivity index (χ4n) is 1.56. The minimum Gasteiger partial charge on any atom is -0.387 e. The molecule has 2 N–H and O–H groups in total. The van der Waals surface area contributed by atoms with Crippen LogP contribution < -0.4 is 5.32 Å². The highest BCUT2D eigenvalue weighted by molar-refractivity contribution is 5.18. The summed E-state index contributed by atoms with van der Waals surface area (Å²) in [4.78, 5) is 2.12. The van der Waals surface area contributed by atoms with Crippen LogP contribution in [0.2, 0.25) is 0 Å². The number of rotatable bonds is 7. The Morgan fingerprint density at radius 1 is 1.29 bits per heavy atom. The van der Waals surface area contributed by atoms with E-state index in [0.29, 0.717) is 6.54 Å². The minimum atomic E-state index is -0.574. The van der Waals surface area contributed by atoms with Crippen molar-refractivity contribution in [2.75, 3.05) is 33.7 Å². The summed E-state index contributed by atoms with van der Waals surface area (Å²) in [6.07, 6.45) is 0.471. The second-order valence-corrected chi connectivity index (χ2v) is 4.43. The summed E-state index contributed by atoms with van der Waals surface area (Å²) in [5, 5.41) is 13.0. The predicted octanol–water partition coefficient (Wildman–Crippen LogP) is 1.40. The third-order valence-electron chi connectivity index (χ3n) is 2.55. The van der Waals surface area contributed by atoms with Crippen molar-refractivity contribution in [2.45, 2.75) is 12.5 Å². The molecule has 0 bridgehead atoms. The fourth-order valence-corrected chi connectivity index (χ4v) is 1.56. The van der Waals surface area contributed by atoms with Crippen LogP contribution in [0, 0.1) is 5.82 Å². The molecular formula is C13H21FN2O. The van der Waals surface area contributed by atoms with Gasteiger partial charge in [-0.25, -0.2) is 4.39 Å². The molecule has 1 atom stereocenters. The first-order valence-corrected chi connectivity index (χ1v) is 5.88. The van der Waals surface area contributed by atoms with E-state index in [9.17, 15) is 9.50 Å². The van der Waals surface area contributed by atoms with Crippen LogP contribution in [0.1, 0.15) is 18.1 Å². The third-order valence-corrected chi connectivity index (χ3v) is 2.55. The number of nitrogens with zero attached hydrogens (tertiary/aromatic N) is 1. The molecule has 0 fully saturated rings. The van der Waals surface area contributed by atoms with Gasteiger partial charge in [-0.05, 0) is 51.3 Å². The van der Waals surface area contributed by atoms with Gasteiger partial charge < -0.3 is 15.3 Å². The normalized spacial score (nSPS) is 13.0. The van der Waals surface area contributed by atoms with Crippen LogP contribution in [-0.4, -0.2) is 43.7 Å². The van der Waals surface area contributed by atoms with Crippen LogP contribution in [0.4, 0.5) is 4.39 Å². The first-order valence-electron chi connectivity index (χ1n) is 5.88. The summed E-state index contributed by atoms with van der Waals surface area (Å²) < 4.78 is 12.7. The lowest BCUT2D eigenvalue weighted by Gasteiger charge is -2.13. The molecule has 0 aliphatic carbocycles. The van der Waals surface area contributed by atoms with Gasteiger partial charge in [0.2, 0.25) is 0 Å². The molecule has 0 saturated heterocycles. The number of halogens is 1. The van der Waals surface area contributed by atoms with Crippen molar-refractivity contribution in [1.29, 1.82) is 0 Å². The zero-order chi connectivity index (χ0) is 12.7. The molecule has 1 rings (SSSR count). The monoisotopic (exact) mass is 240 g/mol. The van der Waals surface area contributed by atoms with E-state index in [1.54, 1.807) is 12.1 Å². The predicted molar refractivity (Wildman–Crippen MR) is 67.4 cm³/mol. The number of aliphatic hydroxyl groups excluding tert-OH is 1. The SMILES string of the molecule is CN(C)CCCNCC(O)c1ccc(F)cc1. The Labute approximate surface area is 102 Å². The van der Waals surface area contributed by atoms with Crippen molar-refractivity contribution >= 4 is 0 Å². The number of aliphatic hydroxyl groups is 1. The van der Waals surface area contributed by atoms with Crippen LogP contribution >= 0.6 is 0 Å². The highest BCUT2D eigenvalue weighted by Crippen LogP contribution is 2.12. The van der Waals surface area contributed by atoms with Gasteiger partial charge in [-0.3, -0.25) is 0 Å². The van der Waals surface area contributed by atoms with E-state index in [1.807, 2.05) is 14.1 Å². The molecule has 3 nitrogen and oxygen atoms in total. The average molecular weight is 240 g/mol. The summed E-state index contributed by atoms with van der Waals surface area (Å²) in [5.74, 6) is -0.278. The Morgan fingerprint density at radius 3 is 2.53 bits per heavy atom. The molecule has 4 heteroatoms. The van der Waals surface area contributed by atoms with Crippen molar-refractivity contribution in [3.63, 3.8) is 0 Å². The van der Waals surface area contributed by atoms with E-state index in [4.69, 9.17) is 0 Å². The van der Waals surface area contributed by atoms with E-state index in [0.717, 1.165) is 25.1 Å². The summed E-state index contributed by atoms with van der Waals surface area (Å²) in [7, 11) is 4.07. The van der Waals surface area contributed by atoms with Crippen LogP contribution in [0.25, 0.3) is 0 Å². The van der Waals surface area contributed by atoms with Gasteiger partial charge in [0.05, 0.1) is 6.10 Å². The Hall–Kier alpha value is -0.970. The average Bonchev–Trinajstić information content (AvgIpc) is 2.29. The molecule has 0 amide bonds. The van der Waals surface area contributed by atoms with Gasteiger partial charge in [0.15, 0.2) is 0 Å². The molecule has 0 aliphatic heterocycles. The molecule has 0 aliphatic rings. The first kappa shape index (κ1) is 14.1. The molecule has 96 valence electrons. The topological polar surface area (TPSA) is 35.5 Å². The summed E-state index contributed by atoms with van der Waals surface area (Å²) in [5.41, 5.74) is 0.742. The first-order chi connectivity index (χ1) is 8.09. The Morgan fingerprint density at radius 2 is 1.94 bits per heavy atom. The van der Waals surface area contributed by atoms with Gasteiger partial charge in [0, 0.05) is 6.54 Å². The van der Waals surface area contributed by atoms with Crippen LogP contribution in [0.3, 0.4) is 0 Å². The van der Waals surface area contributed by atoms with Gasteiger partial charge >= 0.3 is 0 Å². The molecule has 0 aromatic heterocycles. The summed E-state index contributed by atoms with van der Waals surface area (Å²) >= 11 is 0. The molecule has 1 unspecified atom stereocenters. The zero-order valence-electron chi connectivity index (χ0n) is 10.5. The standard InChI is InChI=1S/C13H21FN2O/c1-16(2)9-3-8-15-10-13(17)11-4-6-12(14)7-5-11/h4-7,13,15,17H,3,8-10H2,1-2H3. The molecule has 1 aromatic carbocycles. The second kappa shape index (κ2) is 7.37. The van der Waals surface area contributed by atoms with Crippen molar-refractivity contribution < 1.29 is 9.50 Å². The molecule has 0 radical (unpaired) electrons.